The van der Waals surface area contributed by atoms with E-state index in [1.54, 1.807) is 6.33 Å². The van der Waals surface area contributed by atoms with Crippen LogP contribution in [0.15, 0.2) is 30.6 Å². The SMILES string of the molecule is Cc1ccccc1Cn1nc(C)c(NC(=O)C23CC4CC(C2)CC(n2cnc(Cl)n2)(C4)C3)c1C. The van der Waals surface area contributed by atoms with Crippen molar-refractivity contribution in [2.75, 3.05) is 5.32 Å². The Morgan fingerprint density at radius 3 is 2.53 bits per heavy atom. The van der Waals surface area contributed by atoms with E-state index in [-0.39, 0.29) is 22.1 Å². The zero-order valence-corrected chi connectivity index (χ0v) is 20.8. The van der Waals surface area contributed by atoms with E-state index >= 15 is 0 Å². The number of aryl methyl sites for hydroxylation is 2. The van der Waals surface area contributed by atoms with Gasteiger partial charge in [-0.1, -0.05) is 24.3 Å². The molecular formula is C26H31ClN6O. The number of hydrogen-bond acceptors (Lipinski definition) is 4. The third-order valence-electron chi connectivity index (χ3n) is 8.66. The van der Waals surface area contributed by atoms with E-state index in [1.165, 1.54) is 17.5 Å². The van der Waals surface area contributed by atoms with Gasteiger partial charge in [-0.05, 0) is 93.9 Å². The predicted octanol–water partition coefficient (Wildman–Crippen LogP) is 5.04. The summed E-state index contributed by atoms with van der Waals surface area (Å²) in [4.78, 5) is 18.1. The molecule has 34 heavy (non-hydrogen) atoms. The maximum atomic E-state index is 14.0. The number of aromatic nitrogens is 5. The highest BCUT2D eigenvalue weighted by Crippen LogP contribution is 2.64. The second-order valence-corrected chi connectivity index (χ2v) is 11.3. The molecule has 0 spiro atoms. The highest BCUT2D eigenvalue weighted by Gasteiger charge is 2.61. The lowest BCUT2D eigenvalue weighted by Crippen LogP contribution is -2.60. The lowest BCUT2D eigenvalue weighted by atomic mass is 9.46. The minimum atomic E-state index is -0.375. The summed E-state index contributed by atoms with van der Waals surface area (Å²) in [5.74, 6) is 1.22. The average molecular weight is 479 g/mol. The van der Waals surface area contributed by atoms with E-state index in [0.29, 0.717) is 18.4 Å². The molecule has 0 saturated heterocycles. The standard InChI is InChI=1S/C26H31ClN6O/c1-16-6-4-5-7-21(16)13-32-18(3)22(17(2)30-32)29-23(34)25-9-19-8-20(10-25)12-26(11-19,14-25)33-15-28-24(27)31-33/h4-7,15,19-20H,8-14H2,1-3H3,(H,29,34). The minimum absolute atomic E-state index is 0.138. The van der Waals surface area contributed by atoms with Gasteiger partial charge in [-0.15, -0.1) is 5.10 Å². The van der Waals surface area contributed by atoms with Gasteiger partial charge in [-0.25, -0.2) is 9.67 Å². The number of amides is 1. The molecule has 4 fully saturated rings. The molecule has 1 amide bonds. The van der Waals surface area contributed by atoms with Gasteiger partial charge in [-0.2, -0.15) is 5.10 Å². The minimum Gasteiger partial charge on any atom is -0.322 e. The van der Waals surface area contributed by atoms with Crippen molar-refractivity contribution < 1.29 is 4.79 Å². The summed E-state index contributed by atoms with van der Waals surface area (Å²) in [5, 5.41) is 12.9. The van der Waals surface area contributed by atoms with Crippen LogP contribution in [-0.4, -0.2) is 30.5 Å². The zero-order chi connectivity index (χ0) is 23.7. The normalized spacial score (nSPS) is 29.5. The highest BCUT2D eigenvalue weighted by molar-refractivity contribution is 6.28. The molecule has 2 aromatic heterocycles. The fourth-order valence-electron chi connectivity index (χ4n) is 7.45. The van der Waals surface area contributed by atoms with Gasteiger partial charge in [0.05, 0.1) is 34.6 Å². The van der Waals surface area contributed by atoms with Gasteiger partial charge in [0.1, 0.15) is 6.33 Å². The molecule has 4 aliphatic carbocycles. The Balaban J connectivity index is 1.28. The molecule has 0 aliphatic heterocycles. The Hall–Kier alpha value is -2.67. The van der Waals surface area contributed by atoms with Gasteiger partial charge >= 0.3 is 0 Å². The molecule has 4 saturated carbocycles. The Labute approximate surface area is 204 Å². The first-order valence-corrected chi connectivity index (χ1v) is 12.6. The highest BCUT2D eigenvalue weighted by atomic mass is 35.5. The summed E-state index contributed by atoms with van der Waals surface area (Å²) < 4.78 is 3.97. The zero-order valence-electron chi connectivity index (χ0n) is 20.0. The molecular weight excluding hydrogens is 448 g/mol. The summed E-state index contributed by atoms with van der Waals surface area (Å²) in [5.41, 5.74) is 4.67. The van der Waals surface area contributed by atoms with Crippen LogP contribution in [0.2, 0.25) is 5.28 Å². The topological polar surface area (TPSA) is 77.6 Å². The van der Waals surface area contributed by atoms with Crippen molar-refractivity contribution >= 4 is 23.2 Å². The summed E-state index contributed by atoms with van der Waals surface area (Å²) in [6.45, 7) is 6.84. The molecule has 1 aromatic carbocycles. The van der Waals surface area contributed by atoms with E-state index in [1.807, 2.05) is 23.2 Å². The van der Waals surface area contributed by atoms with Crippen molar-refractivity contribution in [1.29, 1.82) is 0 Å². The second-order valence-electron chi connectivity index (χ2n) is 11.0. The average Bonchev–Trinajstić information content (AvgIpc) is 3.34. The molecule has 8 heteroatoms. The monoisotopic (exact) mass is 478 g/mol. The van der Waals surface area contributed by atoms with Gasteiger partial charge < -0.3 is 5.32 Å². The van der Waals surface area contributed by atoms with E-state index in [2.05, 4.69) is 46.6 Å². The van der Waals surface area contributed by atoms with Crippen LogP contribution >= 0.6 is 11.6 Å². The predicted molar refractivity (Wildman–Crippen MR) is 131 cm³/mol. The molecule has 2 heterocycles. The molecule has 7 rings (SSSR count). The smallest absolute Gasteiger partial charge is 0.242 e. The van der Waals surface area contributed by atoms with Crippen LogP contribution in [0.5, 0.6) is 0 Å². The van der Waals surface area contributed by atoms with Crippen molar-refractivity contribution in [3.8, 4) is 0 Å². The van der Waals surface area contributed by atoms with Crippen LogP contribution in [0.4, 0.5) is 5.69 Å². The molecule has 0 radical (unpaired) electrons. The summed E-state index contributed by atoms with van der Waals surface area (Å²) in [6.07, 6.45) is 7.80. The van der Waals surface area contributed by atoms with Gasteiger partial charge in [0, 0.05) is 0 Å². The quantitative estimate of drug-likeness (QED) is 0.557. The van der Waals surface area contributed by atoms with E-state index in [9.17, 15) is 4.79 Å². The Morgan fingerprint density at radius 2 is 1.85 bits per heavy atom. The molecule has 4 bridgehead atoms. The lowest BCUT2D eigenvalue weighted by molar-refractivity contribution is -0.150. The number of carbonyl (C=O) groups excluding carboxylic acids is 1. The largest absolute Gasteiger partial charge is 0.322 e. The van der Waals surface area contributed by atoms with Crippen LogP contribution in [-0.2, 0) is 16.9 Å². The number of halogens is 1. The van der Waals surface area contributed by atoms with Crippen molar-refractivity contribution in [2.45, 2.75) is 71.4 Å². The number of carbonyl (C=O) groups is 1. The molecule has 7 nitrogen and oxygen atoms in total. The van der Waals surface area contributed by atoms with Gasteiger partial charge in [0.2, 0.25) is 11.2 Å². The number of nitrogens with one attached hydrogen (secondary N) is 1. The molecule has 4 aliphatic rings. The first-order valence-electron chi connectivity index (χ1n) is 12.2. The van der Waals surface area contributed by atoms with Gasteiger partial charge in [0.15, 0.2) is 0 Å². The van der Waals surface area contributed by atoms with Gasteiger partial charge in [-0.3, -0.25) is 9.48 Å². The Morgan fingerprint density at radius 1 is 1.12 bits per heavy atom. The van der Waals surface area contributed by atoms with Crippen LogP contribution in [0.3, 0.4) is 0 Å². The maximum Gasteiger partial charge on any atom is 0.242 e. The summed E-state index contributed by atoms with van der Waals surface area (Å²) >= 11 is 6.08. The molecule has 2 unspecified atom stereocenters. The fraction of sp³-hybridized carbons (Fsp3) is 0.538. The van der Waals surface area contributed by atoms with Crippen molar-refractivity contribution in [3.05, 3.63) is 58.4 Å². The van der Waals surface area contributed by atoms with E-state index in [0.717, 1.165) is 49.2 Å². The number of rotatable bonds is 5. The van der Waals surface area contributed by atoms with Crippen LogP contribution in [0, 0.1) is 38.0 Å². The van der Waals surface area contributed by atoms with Crippen molar-refractivity contribution in [2.24, 2.45) is 17.3 Å². The van der Waals surface area contributed by atoms with Crippen LogP contribution in [0.25, 0.3) is 0 Å². The molecule has 178 valence electrons. The third-order valence-corrected chi connectivity index (χ3v) is 8.84. The van der Waals surface area contributed by atoms with Crippen LogP contribution < -0.4 is 5.32 Å². The van der Waals surface area contributed by atoms with Gasteiger partial charge in [0.25, 0.3) is 0 Å². The number of anilines is 1. The summed E-state index contributed by atoms with van der Waals surface area (Å²) in [6, 6.07) is 8.36. The molecule has 2 atom stereocenters. The van der Waals surface area contributed by atoms with E-state index < -0.39 is 0 Å². The fourth-order valence-corrected chi connectivity index (χ4v) is 7.57. The Kier molecular flexibility index (Phi) is 4.93. The first kappa shape index (κ1) is 21.8. The lowest BCUT2D eigenvalue weighted by Gasteiger charge is -2.60. The molecule has 3 aromatic rings. The number of hydrogen-bond donors (Lipinski definition) is 1. The van der Waals surface area contributed by atoms with Crippen LogP contribution in [0.1, 0.15) is 61.0 Å². The second kappa shape index (κ2) is 7.67. The maximum absolute atomic E-state index is 14.0. The first-order chi connectivity index (χ1) is 16.3. The Bertz CT molecular complexity index is 1260. The summed E-state index contributed by atoms with van der Waals surface area (Å²) in [7, 11) is 0. The third kappa shape index (κ3) is 3.39. The number of benzene rings is 1. The number of nitrogens with zero attached hydrogens (tertiary/aromatic N) is 5. The van der Waals surface area contributed by atoms with Crippen molar-refractivity contribution in [3.63, 3.8) is 0 Å². The molecule has 1 N–H and O–H groups in total. The van der Waals surface area contributed by atoms with E-state index in [4.69, 9.17) is 16.7 Å². The van der Waals surface area contributed by atoms with Crippen molar-refractivity contribution in [1.82, 2.24) is 24.5 Å².